The molecule has 1 amide bonds. The van der Waals surface area contributed by atoms with Crippen LogP contribution in [0, 0.1) is 11.3 Å². The molecule has 0 saturated carbocycles. The molecule has 0 fully saturated rings. The lowest BCUT2D eigenvalue weighted by Crippen LogP contribution is -2.44. The van der Waals surface area contributed by atoms with E-state index in [1.165, 1.54) is 23.5 Å². The van der Waals surface area contributed by atoms with E-state index >= 15 is 0 Å². The highest BCUT2D eigenvalue weighted by atomic mass is 32.2. The number of Topliss-reactive ketones (excluding diaryl/α,β-unsaturated/α-hetero) is 1. The summed E-state index contributed by atoms with van der Waals surface area (Å²) in [5, 5.41) is 12.7. The van der Waals surface area contributed by atoms with Crippen LogP contribution in [0.1, 0.15) is 6.42 Å². The van der Waals surface area contributed by atoms with Crippen LogP contribution >= 0.6 is 23.5 Å². The minimum atomic E-state index is -0.937. The average Bonchev–Trinajstić information content (AvgIpc) is 3.21. The Labute approximate surface area is 212 Å². The lowest BCUT2D eigenvalue weighted by atomic mass is 10.2. The Hall–Kier alpha value is -3.42. The highest BCUT2D eigenvalue weighted by molar-refractivity contribution is 8.03. The number of anilines is 1. The minimum Gasteiger partial charge on any atom is -0.484 e. The van der Waals surface area contributed by atoms with Crippen LogP contribution in [0.5, 0.6) is 5.75 Å². The van der Waals surface area contributed by atoms with Crippen molar-refractivity contribution >= 4 is 46.9 Å². The maximum absolute atomic E-state index is 12.8. The third-order valence-corrected chi connectivity index (χ3v) is 6.91. The fourth-order valence-corrected chi connectivity index (χ4v) is 4.88. The number of nitriles is 1. The highest BCUT2D eigenvalue weighted by Gasteiger charge is 2.29. The van der Waals surface area contributed by atoms with Gasteiger partial charge in [-0.25, -0.2) is 4.79 Å². The number of fused-ring (bicyclic) bond motifs is 1. The van der Waals surface area contributed by atoms with Gasteiger partial charge in [0.05, 0.1) is 5.69 Å². The van der Waals surface area contributed by atoms with Crippen LogP contribution in [-0.4, -0.2) is 56.0 Å². The van der Waals surface area contributed by atoms with Gasteiger partial charge in [0.15, 0.2) is 13.2 Å². The van der Waals surface area contributed by atoms with Gasteiger partial charge in [0.1, 0.15) is 28.5 Å². The van der Waals surface area contributed by atoms with Crippen molar-refractivity contribution in [3.05, 3.63) is 65.2 Å². The zero-order chi connectivity index (χ0) is 25.2. The molecule has 0 radical (unpaired) electrons. The van der Waals surface area contributed by atoms with E-state index in [9.17, 15) is 19.6 Å². The first-order valence-corrected chi connectivity index (χ1v) is 13.0. The van der Waals surface area contributed by atoms with Crippen molar-refractivity contribution in [1.82, 2.24) is 5.32 Å². The fourth-order valence-electron chi connectivity index (χ4n) is 3.25. The minimum absolute atomic E-state index is 0.0811. The summed E-state index contributed by atoms with van der Waals surface area (Å²) in [5.41, 5.74) is 0.810. The Morgan fingerprint density at radius 3 is 2.51 bits per heavy atom. The maximum atomic E-state index is 12.8. The number of rotatable bonds is 11. The summed E-state index contributed by atoms with van der Waals surface area (Å²) in [6.07, 6.45) is 2.21. The van der Waals surface area contributed by atoms with Gasteiger partial charge in [-0.15, -0.1) is 0 Å². The molecule has 182 valence electrons. The van der Waals surface area contributed by atoms with E-state index in [0.29, 0.717) is 23.0 Å². The van der Waals surface area contributed by atoms with Gasteiger partial charge in [0.25, 0.3) is 5.91 Å². The largest absolute Gasteiger partial charge is 0.484 e. The molecule has 1 aliphatic heterocycles. The van der Waals surface area contributed by atoms with Gasteiger partial charge in [0.2, 0.25) is 5.78 Å². The summed E-state index contributed by atoms with van der Waals surface area (Å²) in [4.78, 5) is 40.5. The normalized spacial score (nSPS) is 14.4. The molecular weight excluding hydrogens is 486 g/mol. The third kappa shape index (κ3) is 7.04. The Balaban J connectivity index is 1.59. The lowest BCUT2D eigenvalue weighted by Gasteiger charge is -2.18. The Morgan fingerprint density at radius 1 is 1.11 bits per heavy atom. The number of para-hydroxylation sites is 2. The number of hydrogen-bond donors (Lipinski definition) is 1. The zero-order valence-electron chi connectivity index (χ0n) is 19.4. The van der Waals surface area contributed by atoms with E-state index in [-0.39, 0.29) is 12.2 Å². The number of nitrogens with one attached hydrogen (secondary N) is 1. The van der Waals surface area contributed by atoms with Crippen LogP contribution in [0.3, 0.4) is 0 Å². The first-order valence-electron chi connectivity index (χ1n) is 10.8. The van der Waals surface area contributed by atoms with Crippen LogP contribution in [0.4, 0.5) is 5.69 Å². The molecule has 0 aromatic heterocycles. The number of hydrogen-bond acceptors (Lipinski definition) is 9. The van der Waals surface area contributed by atoms with Crippen molar-refractivity contribution in [3.8, 4) is 11.8 Å². The lowest BCUT2D eigenvalue weighted by molar-refractivity contribution is -0.150. The first-order chi connectivity index (χ1) is 16.9. The topological polar surface area (TPSA) is 109 Å². The number of ether oxygens (including phenoxy) is 2. The smallest absolute Gasteiger partial charge is 0.329 e. The number of thioether (sulfide) groups is 2. The van der Waals surface area contributed by atoms with E-state index in [2.05, 4.69) is 5.32 Å². The summed E-state index contributed by atoms with van der Waals surface area (Å²) in [5.74, 6) is -0.695. The molecule has 2 aromatic rings. The number of carbonyl (C=O) groups is 3. The Morgan fingerprint density at radius 2 is 1.83 bits per heavy atom. The number of benzene rings is 2. The second-order valence-electron chi connectivity index (χ2n) is 7.45. The van der Waals surface area contributed by atoms with Crippen molar-refractivity contribution in [1.29, 1.82) is 5.26 Å². The van der Waals surface area contributed by atoms with Crippen molar-refractivity contribution in [2.75, 3.05) is 37.2 Å². The van der Waals surface area contributed by atoms with Crippen LogP contribution in [0.15, 0.2) is 70.1 Å². The third-order valence-electron chi connectivity index (χ3n) is 5.03. The Kier molecular flexibility index (Phi) is 9.64. The van der Waals surface area contributed by atoms with Crippen LogP contribution in [0.2, 0.25) is 0 Å². The van der Waals surface area contributed by atoms with Crippen LogP contribution in [0.25, 0.3) is 0 Å². The molecule has 0 spiro atoms. The van der Waals surface area contributed by atoms with Crippen molar-refractivity contribution in [3.63, 3.8) is 0 Å². The van der Waals surface area contributed by atoms with E-state index in [4.69, 9.17) is 9.47 Å². The fraction of sp³-hybridized carbons (Fsp3) is 0.280. The van der Waals surface area contributed by atoms with Gasteiger partial charge >= 0.3 is 5.97 Å². The van der Waals surface area contributed by atoms with Gasteiger partial charge in [-0.2, -0.15) is 17.0 Å². The number of carbonyl (C=O) groups excluding carboxylic acids is 3. The molecular formula is C25H25N3O5S2. The molecule has 1 aliphatic rings. The molecule has 1 unspecified atom stereocenters. The molecule has 3 rings (SSSR count). The molecule has 0 saturated heterocycles. The average molecular weight is 512 g/mol. The van der Waals surface area contributed by atoms with Crippen molar-refractivity contribution < 1.29 is 23.9 Å². The zero-order valence-corrected chi connectivity index (χ0v) is 21.0. The predicted octanol–water partition coefficient (Wildman–Crippen LogP) is 3.39. The summed E-state index contributed by atoms with van der Waals surface area (Å²) >= 11 is 2.83. The van der Waals surface area contributed by atoms with E-state index in [0.717, 1.165) is 10.6 Å². The number of amides is 1. The molecule has 35 heavy (non-hydrogen) atoms. The van der Waals surface area contributed by atoms with E-state index in [1.807, 2.05) is 42.7 Å². The first kappa shape index (κ1) is 26.2. The molecule has 1 atom stereocenters. The van der Waals surface area contributed by atoms with Gasteiger partial charge in [-0.3, -0.25) is 9.59 Å². The molecule has 1 heterocycles. The molecule has 10 heteroatoms. The second-order valence-corrected chi connectivity index (χ2v) is 9.47. The molecule has 1 N–H and O–H groups in total. The molecule has 0 aliphatic carbocycles. The Bertz CT molecular complexity index is 1150. The van der Waals surface area contributed by atoms with Gasteiger partial charge in [-0.1, -0.05) is 42.1 Å². The summed E-state index contributed by atoms with van der Waals surface area (Å²) in [6.45, 7) is -0.858. The van der Waals surface area contributed by atoms with Gasteiger partial charge in [0, 0.05) is 11.9 Å². The van der Waals surface area contributed by atoms with Crippen LogP contribution in [-0.2, 0) is 19.1 Å². The second kappa shape index (κ2) is 12.9. The quantitative estimate of drug-likeness (QED) is 0.276. The van der Waals surface area contributed by atoms with E-state index < -0.39 is 30.3 Å². The predicted molar refractivity (Wildman–Crippen MR) is 136 cm³/mol. The summed E-state index contributed by atoms with van der Waals surface area (Å²) in [6, 6.07) is 17.4. The maximum Gasteiger partial charge on any atom is 0.329 e. The number of esters is 1. The van der Waals surface area contributed by atoms with E-state index in [1.54, 1.807) is 36.2 Å². The standard InChI is InChI=1S/C25H25N3O5S2/c1-28-20-10-6-7-11-22(20)35-24(28)18(14-26)21(29)15-33-25(31)19(12-13-34-2)27-23(30)16-32-17-8-4-3-5-9-17/h3-11,19H,12-13,15-16H2,1-2H3,(H,27,30)/b24-18+. The highest BCUT2D eigenvalue weighted by Crippen LogP contribution is 2.46. The van der Waals surface area contributed by atoms with Gasteiger partial charge in [-0.05, 0) is 42.7 Å². The summed E-state index contributed by atoms with van der Waals surface area (Å²) < 4.78 is 10.6. The van der Waals surface area contributed by atoms with Crippen molar-refractivity contribution in [2.45, 2.75) is 17.4 Å². The molecule has 8 nitrogen and oxygen atoms in total. The van der Waals surface area contributed by atoms with Gasteiger partial charge < -0.3 is 19.7 Å². The van der Waals surface area contributed by atoms with Crippen molar-refractivity contribution in [2.24, 2.45) is 0 Å². The SMILES string of the molecule is CSCCC(NC(=O)COc1ccccc1)C(=O)OCC(=O)/C(C#N)=C1/Sc2ccccc2N1C. The number of nitrogens with zero attached hydrogens (tertiary/aromatic N) is 2. The molecule has 2 aromatic carbocycles. The summed E-state index contributed by atoms with van der Waals surface area (Å²) in [7, 11) is 1.77. The molecule has 0 bridgehead atoms. The monoisotopic (exact) mass is 511 g/mol. The van der Waals surface area contributed by atoms with Crippen LogP contribution < -0.4 is 15.0 Å². The number of ketones is 1.